The van der Waals surface area contributed by atoms with Gasteiger partial charge in [-0.05, 0) is 48.6 Å². The Balaban J connectivity index is 1.27. The van der Waals surface area contributed by atoms with Crippen LogP contribution in [0.3, 0.4) is 0 Å². The van der Waals surface area contributed by atoms with Gasteiger partial charge in [0.2, 0.25) is 5.91 Å². The molecule has 4 aromatic rings. The first-order valence-corrected chi connectivity index (χ1v) is 14.7. The molecule has 0 aliphatic heterocycles. The van der Waals surface area contributed by atoms with Crippen LogP contribution in [0, 0.1) is 6.92 Å². The number of carboxylic acids is 1. The lowest BCUT2D eigenvalue weighted by molar-refractivity contribution is -0.124. The van der Waals surface area contributed by atoms with Crippen LogP contribution < -0.4 is 15.4 Å². The van der Waals surface area contributed by atoms with Crippen molar-refractivity contribution < 1.29 is 29.0 Å². The first-order chi connectivity index (χ1) is 21.4. The molecule has 5 rings (SSSR count). The van der Waals surface area contributed by atoms with E-state index in [1.165, 1.54) is 0 Å². The SMILES string of the molecule is Cc1ccc(OCc2ccccc2)c(NC(=O)c2cc(C(=O)O)nn2CC(=O)N[C@H]2CCCC[C@@H]2OCc2ccccc2)c1. The number of hydrogen-bond donors (Lipinski definition) is 3. The van der Waals surface area contributed by atoms with Crippen LogP contribution in [-0.2, 0) is 29.3 Å². The Morgan fingerprint density at radius 2 is 1.59 bits per heavy atom. The molecule has 10 nitrogen and oxygen atoms in total. The molecule has 1 fully saturated rings. The number of aromatic carboxylic acids is 1. The maximum absolute atomic E-state index is 13.5. The normalized spacial score (nSPS) is 16.2. The number of carbonyl (C=O) groups excluding carboxylic acids is 2. The van der Waals surface area contributed by atoms with Gasteiger partial charge in [-0.1, -0.05) is 79.6 Å². The minimum Gasteiger partial charge on any atom is -0.487 e. The van der Waals surface area contributed by atoms with E-state index in [1.807, 2.05) is 73.7 Å². The van der Waals surface area contributed by atoms with Gasteiger partial charge >= 0.3 is 5.97 Å². The number of amides is 2. The Kier molecular flexibility index (Phi) is 10.0. The average molecular weight is 597 g/mol. The third kappa shape index (κ3) is 8.11. The Labute approximate surface area is 256 Å². The Morgan fingerprint density at radius 3 is 2.30 bits per heavy atom. The van der Waals surface area contributed by atoms with Gasteiger partial charge in [-0.2, -0.15) is 5.10 Å². The van der Waals surface area contributed by atoms with Gasteiger partial charge in [-0.25, -0.2) is 9.48 Å². The van der Waals surface area contributed by atoms with E-state index in [9.17, 15) is 19.5 Å². The number of nitrogens with one attached hydrogen (secondary N) is 2. The van der Waals surface area contributed by atoms with E-state index in [1.54, 1.807) is 12.1 Å². The van der Waals surface area contributed by atoms with Crippen LogP contribution in [0.2, 0.25) is 0 Å². The maximum Gasteiger partial charge on any atom is 0.356 e. The lowest BCUT2D eigenvalue weighted by atomic mass is 9.92. The fourth-order valence-electron chi connectivity index (χ4n) is 5.24. The first kappa shape index (κ1) is 30.5. The predicted octanol–water partition coefficient (Wildman–Crippen LogP) is 5.37. The number of aromatic nitrogens is 2. The highest BCUT2D eigenvalue weighted by molar-refractivity contribution is 6.05. The quantitative estimate of drug-likeness (QED) is 0.201. The summed E-state index contributed by atoms with van der Waals surface area (Å²) in [6.45, 7) is 2.30. The summed E-state index contributed by atoms with van der Waals surface area (Å²) in [7, 11) is 0. The molecule has 0 saturated heterocycles. The lowest BCUT2D eigenvalue weighted by Crippen LogP contribution is -2.47. The van der Waals surface area contributed by atoms with Crippen molar-refractivity contribution in [2.75, 3.05) is 5.32 Å². The third-order valence-corrected chi connectivity index (χ3v) is 7.50. The first-order valence-electron chi connectivity index (χ1n) is 14.7. The fraction of sp³-hybridized carbons (Fsp3) is 0.294. The molecule has 2 amide bonds. The summed E-state index contributed by atoms with van der Waals surface area (Å²) in [5, 5.41) is 19.5. The summed E-state index contributed by atoms with van der Waals surface area (Å²) in [6.07, 6.45) is 3.39. The van der Waals surface area contributed by atoms with Crippen LogP contribution in [0.1, 0.15) is 63.4 Å². The standard InChI is InChI=1S/C34H36N4O6/c1-23-16-17-31(44-22-25-12-6-3-7-13-25)27(18-23)36-33(40)29-19-28(34(41)42)37-38(29)20-32(39)35-26-14-8-9-15-30(26)43-21-24-10-4-2-5-11-24/h2-7,10-13,16-19,26,30H,8-9,14-15,20-22H2,1H3,(H,35,39)(H,36,40)(H,41,42)/t26-,30-/m0/s1. The molecule has 1 saturated carbocycles. The second-order valence-electron chi connectivity index (χ2n) is 10.9. The summed E-state index contributed by atoms with van der Waals surface area (Å²) < 4.78 is 13.3. The van der Waals surface area contributed by atoms with Crippen molar-refractivity contribution in [2.24, 2.45) is 0 Å². The molecule has 3 aromatic carbocycles. The smallest absolute Gasteiger partial charge is 0.356 e. The highest BCUT2D eigenvalue weighted by Gasteiger charge is 2.28. The van der Waals surface area contributed by atoms with Crippen molar-refractivity contribution in [3.63, 3.8) is 0 Å². The molecule has 1 aliphatic rings. The minimum atomic E-state index is -1.30. The van der Waals surface area contributed by atoms with Gasteiger partial charge in [0.1, 0.15) is 24.6 Å². The van der Waals surface area contributed by atoms with Crippen molar-refractivity contribution in [1.29, 1.82) is 0 Å². The highest BCUT2D eigenvalue weighted by atomic mass is 16.5. The number of ether oxygens (including phenoxy) is 2. The van der Waals surface area contributed by atoms with Gasteiger partial charge < -0.3 is 25.2 Å². The molecule has 1 heterocycles. The fourth-order valence-corrected chi connectivity index (χ4v) is 5.24. The number of nitrogens with zero attached hydrogens (tertiary/aromatic N) is 2. The Morgan fingerprint density at radius 1 is 0.909 bits per heavy atom. The number of carboxylic acid groups (broad SMARTS) is 1. The summed E-state index contributed by atoms with van der Waals surface area (Å²) in [4.78, 5) is 38.4. The molecule has 2 atom stereocenters. The molecule has 0 spiro atoms. The van der Waals surface area contributed by atoms with Gasteiger partial charge in [0.15, 0.2) is 5.69 Å². The van der Waals surface area contributed by atoms with E-state index in [-0.39, 0.29) is 36.0 Å². The second-order valence-corrected chi connectivity index (χ2v) is 10.9. The molecule has 0 bridgehead atoms. The van der Waals surface area contributed by atoms with E-state index in [0.717, 1.165) is 53.1 Å². The van der Waals surface area contributed by atoms with Crippen LogP contribution in [0.15, 0.2) is 84.9 Å². The molecule has 10 heteroatoms. The van der Waals surface area contributed by atoms with Crippen LogP contribution in [0.5, 0.6) is 5.75 Å². The number of carbonyl (C=O) groups is 3. The number of hydrogen-bond acceptors (Lipinski definition) is 6. The van der Waals surface area contributed by atoms with Crippen LogP contribution >= 0.6 is 0 Å². The Hall–Kier alpha value is -4.96. The molecule has 1 aliphatic carbocycles. The van der Waals surface area contributed by atoms with Crippen LogP contribution in [0.4, 0.5) is 5.69 Å². The number of anilines is 1. The molecule has 44 heavy (non-hydrogen) atoms. The molecule has 1 aromatic heterocycles. The minimum absolute atomic E-state index is 0.0615. The zero-order valence-electron chi connectivity index (χ0n) is 24.6. The molecular formula is C34H36N4O6. The van der Waals surface area contributed by atoms with E-state index < -0.39 is 11.9 Å². The third-order valence-electron chi connectivity index (χ3n) is 7.50. The zero-order chi connectivity index (χ0) is 30.9. The van der Waals surface area contributed by atoms with E-state index in [4.69, 9.17) is 9.47 Å². The van der Waals surface area contributed by atoms with Crippen LogP contribution in [0.25, 0.3) is 0 Å². The highest BCUT2D eigenvalue weighted by Crippen LogP contribution is 2.28. The average Bonchev–Trinajstić information content (AvgIpc) is 3.45. The van der Waals surface area contributed by atoms with Gasteiger partial charge in [0.25, 0.3) is 5.91 Å². The Bertz CT molecular complexity index is 1590. The molecule has 0 unspecified atom stereocenters. The van der Waals surface area contributed by atoms with Crippen molar-refractivity contribution in [3.05, 3.63) is 113 Å². The largest absolute Gasteiger partial charge is 0.487 e. The number of benzene rings is 3. The van der Waals surface area contributed by atoms with Gasteiger partial charge in [0, 0.05) is 6.07 Å². The predicted molar refractivity (Wildman–Crippen MR) is 165 cm³/mol. The zero-order valence-corrected chi connectivity index (χ0v) is 24.6. The van der Waals surface area contributed by atoms with E-state index >= 15 is 0 Å². The van der Waals surface area contributed by atoms with E-state index in [0.29, 0.717) is 24.7 Å². The monoisotopic (exact) mass is 596 g/mol. The van der Waals surface area contributed by atoms with Crippen LogP contribution in [-0.4, -0.2) is 44.8 Å². The van der Waals surface area contributed by atoms with Gasteiger partial charge in [-0.15, -0.1) is 0 Å². The molecular weight excluding hydrogens is 560 g/mol. The molecule has 3 N–H and O–H groups in total. The van der Waals surface area contributed by atoms with Gasteiger partial charge in [0.05, 0.1) is 24.4 Å². The molecule has 0 radical (unpaired) electrons. The van der Waals surface area contributed by atoms with Crippen molar-refractivity contribution in [1.82, 2.24) is 15.1 Å². The van der Waals surface area contributed by atoms with Gasteiger partial charge in [-0.3, -0.25) is 9.59 Å². The van der Waals surface area contributed by atoms with Crippen molar-refractivity contribution in [2.45, 2.75) is 64.5 Å². The number of aryl methyl sites for hydroxylation is 1. The summed E-state index contributed by atoms with van der Waals surface area (Å²) >= 11 is 0. The maximum atomic E-state index is 13.5. The van der Waals surface area contributed by atoms with Crippen molar-refractivity contribution in [3.8, 4) is 5.75 Å². The van der Waals surface area contributed by atoms with E-state index in [2.05, 4.69) is 15.7 Å². The topological polar surface area (TPSA) is 132 Å². The second kappa shape index (κ2) is 14.5. The lowest BCUT2D eigenvalue weighted by Gasteiger charge is -2.32. The molecule has 228 valence electrons. The summed E-state index contributed by atoms with van der Waals surface area (Å²) in [5.41, 5.74) is 2.93. The van der Waals surface area contributed by atoms with Crippen molar-refractivity contribution >= 4 is 23.5 Å². The summed E-state index contributed by atoms with van der Waals surface area (Å²) in [5.74, 6) is -1.85. The summed E-state index contributed by atoms with van der Waals surface area (Å²) in [6, 6.07) is 25.9. The number of rotatable bonds is 12.